The van der Waals surface area contributed by atoms with Crippen LogP contribution in [-0.4, -0.2) is 64.1 Å². The number of aromatic nitrogens is 2. The number of piperidine rings is 1. The second-order valence-corrected chi connectivity index (χ2v) is 13.6. The zero-order valence-electron chi connectivity index (χ0n) is 28.5. The van der Waals surface area contributed by atoms with Gasteiger partial charge in [-0.3, -0.25) is 5.32 Å². The van der Waals surface area contributed by atoms with Crippen LogP contribution in [-0.2, 0) is 15.7 Å². The quantitative estimate of drug-likeness (QED) is 0.151. The van der Waals surface area contributed by atoms with Crippen LogP contribution in [0.3, 0.4) is 0 Å². The van der Waals surface area contributed by atoms with Gasteiger partial charge in [0.05, 0.1) is 18.1 Å². The van der Waals surface area contributed by atoms with E-state index >= 15 is 0 Å². The fraction of sp³-hybridized carbons (Fsp3) is 0.667. The normalized spacial score (nSPS) is 16.2. The Kier molecular flexibility index (Phi) is 13.1. The number of halogens is 3. The number of carbonyl (C=O) groups excluding carboxylic acids is 2. The lowest BCUT2D eigenvalue weighted by atomic mass is 9.98. The Balaban J connectivity index is 1.76. The average Bonchev–Trinajstić information content (AvgIpc) is 3.44. The van der Waals surface area contributed by atoms with Crippen LogP contribution in [0.2, 0.25) is 0 Å². The zero-order chi connectivity index (χ0) is 34.8. The summed E-state index contributed by atoms with van der Waals surface area (Å²) in [6, 6.07) is 3.73. The minimum Gasteiger partial charge on any atom is -0.493 e. The van der Waals surface area contributed by atoms with Gasteiger partial charge in [0, 0.05) is 18.7 Å². The number of alkyl halides is 3. The molecule has 1 N–H and O–H groups in total. The van der Waals surface area contributed by atoms with E-state index in [2.05, 4.69) is 27.4 Å². The number of benzene rings is 1. The van der Waals surface area contributed by atoms with Gasteiger partial charge in [-0.1, -0.05) is 44.2 Å². The van der Waals surface area contributed by atoms with Gasteiger partial charge in [0.25, 0.3) is 0 Å². The molecule has 14 heteroatoms. The standard InChI is InChI=1S/C33H48F3N5O6/c1-8-9-10-11-12-13-19-44-25-17-16-22(20-24(25)33(34,35)36)26-37-27(47-40-26)23-15-14-18-41(21-23)28(38-29(42)45-31(2,3)4)39-30(43)46-32(5,6)7/h16-17,20,23H,8-15,18-19,21H2,1-7H3,(H,38,39,42,43)/t23-/m1/s1. The van der Waals surface area contributed by atoms with Gasteiger partial charge in [-0.25, -0.2) is 9.59 Å². The van der Waals surface area contributed by atoms with Crippen LogP contribution < -0.4 is 10.1 Å². The molecule has 11 nitrogen and oxygen atoms in total. The summed E-state index contributed by atoms with van der Waals surface area (Å²) in [6.07, 6.45) is 0.845. The molecular formula is C33H48F3N5O6. The number of guanidine groups is 1. The molecule has 0 spiro atoms. The molecule has 1 saturated heterocycles. The van der Waals surface area contributed by atoms with E-state index in [9.17, 15) is 22.8 Å². The fourth-order valence-corrected chi connectivity index (χ4v) is 4.91. The van der Waals surface area contributed by atoms with Crippen molar-refractivity contribution in [3.05, 3.63) is 29.7 Å². The molecule has 1 fully saturated rings. The lowest BCUT2D eigenvalue weighted by Crippen LogP contribution is -2.49. The SMILES string of the molecule is CCCCCCCCOc1ccc(-c2noc([C@@H]3CCCN(/C(=N\C(=O)OC(C)(C)C)NC(=O)OC(C)(C)C)C3)n2)cc1C(F)(F)F. The molecule has 47 heavy (non-hydrogen) atoms. The highest BCUT2D eigenvalue weighted by Crippen LogP contribution is 2.39. The Labute approximate surface area is 274 Å². The molecule has 2 amide bonds. The number of amides is 2. The Hall–Kier alpha value is -3.84. The first kappa shape index (κ1) is 37.6. The van der Waals surface area contributed by atoms with Gasteiger partial charge >= 0.3 is 18.4 Å². The van der Waals surface area contributed by atoms with E-state index < -0.39 is 35.1 Å². The summed E-state index contributed by atoms with van der Waals surface area (Å²) in [5.74, 6) is -0.466. The van der Waals surface area contributed by atoms with Crippen molar-refractivity contribution in [3.63, 3.8) is 0 Å². The number of nitrogens with one attached hydrogen (secondary N) is 1. The van der Waals surface area contributed by atoms with E-state index in [0.29, 0.717) is 25.8 Å². The van der Waals surface area contributed by atoms with Crippen LogP contribution in [0.25, 0.3) is 11.4 Å². The number of nitrogens with zero attached hydrogens (tertiary/aromatic N) is 4. The monoisotopic (exact) mass is 667 g/mol. The van der Waals surface area contributed by atoms with Crippen molar-refractivity contribution in [3.8, 4) is 17.1 Å². The molecule has 0 saturated carbocycles. The van der Waals surface area contributed by atoms with Gasteiger partial charge < -0.3 is 23.6 Å². The average molecular weight is 668 g/mol. The minimum atomic E-state index is -4.64. The summed E-state index contributed by atoms with van der Waals surface area (Å²) >= 11 is 0. The van der Waals surface area contributed by atoms with Crippen molar-refractivity contribution in [1.29, 1.82) is 0 Å². The highest BCUT2D eigenvalue weighted by atomic mass is 19.4. The Morgan fingerprint density at radius 3 is 2.36 bits per heavy atom. The lowest BCUT2D eigenvalue weighted by Gasteiger charge is -2.33. The van der Waals surface area contributed by atoms with Crippen LogP contribution in [0.5, 0.6) is 5.75 Å². The molecule has 1 aliphatic heterocycles. The summed E-state index contributed by atoms with van der Waals surface area (Å²) in [5.41, 5.74) is -2.39. The maximum absolute atomic E-state index is 14.0. The molecule has 262 valence electrons. The smallest absolute Gasteiger partial charge is 0.437 e. The van der Waals surface area contributed by atoms with Crippen LogP contribution >= 0.6 is 0 Å². The van der Waals surface area contributed by atoms with E-state index in [1.807, 2.05) is 0 Å². The van der Waals surface area contributed by atoms with Crippen LogP contribution in [0.1, 0.15) is 117 Å². The number of aliphatic imine (C=N–C) groups is 1. The van der Waals surface area contributed by atoms with E-state index in [0.717, 1.165) is 38.2 Å². The number of alkyl carbamates (subject to hydrolysis) is 1. The van der Waals surface area contributed by atoms with Crippen LogP contribution in [0.15, 0.2) is 27.7 Å². The lowest BCUT2D eigenvalue weighted by molar-refractivity contribution is -0.138. The predicted molar refractivity (Wildman–Crippen MR) is 170 cm³/mol. The molecule has 2 aromatic rings. The van der Waals surface area contributed by atoms with Gasteiger partial charge in [0.1, 0.15) is 17.0 Å². The number of carbonyl (C=O) groups is 2. The zero-order valence-corrected chi connectivity index (χ0v) is 28.5. The molecule has 0 bridgehead atoms. The first-order valence-corrected chi connectivity index (χ1v) is 16.2. The molecule has 2 heterocycles. The minimum absolute atomic E-state index is 0.000349. The first-order valence-electron chi connectivity index (χ1n) is 16.2. The molecule has 1 atom stereocenters. The number of hydrogen-bond acceptors (Lipinski definition) is 8. The van der Waals surface area contributed by atoms with Crippen LogP contribution in [0.4, 0.5) is 22.8 Å². The van der Waals surface area contributed by atoms with Gasteiger partial charge in [-0.2, -0.15) is 18.2 Å². The van der Waals surface area contributed by atoms with E-state index in [1.54, 1.807) is 46.4 Å². The summed E-state index contributed by atoms with van der Waals surface area (Å²) in [4.78, 5) is 35.3. The molecule has 1 aromatic heterocycles. The predicted octanol–water partition coefficient (Wildman–Crippen LogP) is 8.49. The number of ether oxygens (including phenoxy) is 3. The van der Waals surface area contributed by atoms with Crippen LogP contribution in [0, 0.1) is 0 Å². The Morgan fingerprint density at radius 2 is 1.70 bits per heavy atom. The van der Waals surface area contributed by atoms with Gasteiger partial charge in [0.15, 0.2) is 0 Å². The van der Waals surface area contributed by atoms with E-state index in [-0.39, 0.29) is 48.1 Å². The largest absolute Gasteiger partial charge is 0.493 e. The maximum atomic E-state index is 14.0. The Morgan fingerprint density at radius 1 is 1.02 bits per heavy atom. The highest BCUT2D eigenvalue weighted by Gasteiger charge is 2.36. The molecule has 0 aliphatic carbocycles. The van der Waals surface area contributed by atoms with E-state index in [4.69, 9.17) is 18.7 Å². The van der Waals surface area contributed by atoms with Crippen molar-refractivity contribution in [2.45, 2.75) is 123 Å². The maximum Gasteiger partial charge on any atom is 0.437 e. The summed E-state index contributed by atoms with van der Waals surface area (Å²) in [7, 11) is 0. The number of unbranched alkanes of at least 4 members (excludes halogenated alkanes) is 5. The third-order valence-electron chi connectivity index (χ3n) is 7.01. The number of rotatable bonds is 10. The van der Waals surface area contributed by atoms with Gasteiger partial charge in [-0.05, 0) is 79.0 Å². The van der Waals surface area contributed by atoms with Crippen molar-refractivity contribution >= 4 is 18.1 Å². The number of likely N-dealkylation sites (tertiary alicyclic amines) is 1. The molecule has 0 unspecified atom stereocenters. The van der Waals surface area contributed by atoms with Crippen molar-refractivity contribution in [1.82, 2.24) is 20.4 Å². The molecular weight excluding hydrogens is 619 g/mol. The second-order valence-electron chi connectivity index (χ2n) is 13.6. The number of hydrogen-bond donors (Lipinski definition) is 1. The highest BCUT2D eigenvalue weighted by molar-refractivity contribution is 5.99. The van der Waals surface area contributed by atoms with Crippen molar-refractivity contribution in [2.75, 3.05) is 19.7 Å². The first-order chi connectivity index (χ1) is 21.9. The summed E-state index contributed by atoms with van der Waals surface area (Å²) in [5, 5.41) is 6.51. The topological polar surface area (TPSA) is 128 Å². The summed E-state index contributed by atoms with van der Waals surface area (Å²) in [6.45, 7) is 13.2. The third kappa shape index (κ3) is 12.7. The van der Waals surface area contributed by atoms with Gasteiger partial charge in [0.2, 0.25) is 17.7 Å². The summed E-state index contributed by atoms with van der Waals surface area (Å²) < 4.78 is 63.7. The fourth-order valence-electron chi connectivity index (χ4n) is 4.91. The molecule has 3 rings (SSSR count). The third-order valence-corrected chi connectivity index (χ3v) is 7.01. The van der Waals surface area contributed by atoms with E-state index in [1.165, 1.54) is 12.1 Å². The van der Waals surface area contributed by atoms with Crippen molar-refractivity contribution < 1.29 is 41.5 Å². The second kappa shape index (κ2) is 16.3. The van der Waals surface area contributed by atoms with Gasteiger partial charge in [-0.15, -0.1) is 4.99 Å². The van der Waals surface area contributed by atoms with Crippen molar-refractivity contribution in [2.24, 2.45) is 4.99 Å². The molecule has 1 aromatic carbocycles. The molecule has 1 aliphatic rings. The Bertz CT molecular complexity index is 1360. The molecule has 0 radical (unpaired) electrons.